The van der Waals surface area contributed by atoms with E-state index in [1.807, 2.05) is 26.8 Å². The van der Waals surface area contributed by atoms with Crippen LogP contribution in [0.4, 0.5) is 18.0 Å². The van der Waals surface area contributed by atoms with Crippen LogP contribution in [0, 0.1) is 0 Å². The Hall–Kier alpha value is -2.40. The normalized spacial score (nSPS) is 18.7. The lowest BCUT2D eigenvalue weighted by Gasteiger charge is -2.21. The highest BCUT2D eigenvalue weighted by atomic mass is 19.4. The number of ether oxygens (including phenoxy) is 1. The number of aliphatic hydroxyl groups is 1. The minimum atomic E-state index is -5.08. The van der Waals surface area contributed by atoms with Gasteiger partial charge < -0.3 is 20.3 Å². The smallest absolute Gasteiger partial charge is 0.475 e. The molecule has 2 rings (SSSR count). The number of nitrogens with zero attached hydrogens (tertiary/aromatic N) is 2. The third-order valence-electron chi connectivity index (χ3n) is 3.63. The van der Waals surface area contributed by atoms with E-state index in [2.05, 4.69) is 16.5 Å². The molecule has 1 aliphatic heterocycles. The summed E-state index contributed by atoms with van der Waals surface area (Å²) < 4.78 is 38.2. The van der Waals surface area contributed by atoms with Crippen LogP contribution in [0.1, 0.15) is 39.3 Å². The summed E-state index contributed by atoms with van der Waals surface area (Å²) >= 11 is 0. The molecule has 0 aromatic carbocycles. The molecule has 164 valence electrons. The van der Waals surface area contributed by atoms with E-state index in [9.17, 15) is 23.1 Å². The van der Waals surface area contributed by atoms with Crippen molar-refractivity contribution in [2.24, 2.45) is 0 Å². The molecule has 0 bridgehead atoms. The number of hydrogen-bond acceptors (Lipinski definition) is 6. The Bertz CT molecular complexity index is 723. The van der Waals surface area contributed by atoms with Gasteiger partial charge in [0.05, 0.1) is 11.8 Å². The zero-order chi connectivity index (χ0) is 22.2. The summed E-state index contributed by atoms with van der Waals surface area (Å²) in [6.45, 7) is 7.08. The van der Waals surface area contributed by atoms with Gasteiger partial charge in [-0.1, -0.05) is 6.08 Å². The number of aliphatic carboxylic acids is 1. The number of carbonyl (C=O) groups excluding carboxylic acids is 1. The van der Waals surface area contributed by atoms with Crippen molar-refractivity contribution in [1.29, 1.82) is 0 Å². The number of aryl methyl sites for hydroxylation is 1. The number of carbonyl (C=O) groups is 2. The molecule has 11 heteroatoms. The molecule has 1 aromatic rings. The lowest BCUT2D eigenvalue weighted by Crippen LogP contribution is -2.33. The van der Waals surface area contributed by atoms with Gasteiger partial charge in [-0.25, -0.2) is 9.59 Å². The first kappa shape index (κ1) is 24.6. The van der Waals surface area contributed by atoms with Crippen LogP contribution < -0.4 is 5.32 Å². The van der Waals surface area contributed by atoms with Gasteiger partial charge in [-0.2, -0.15) is 23.0 Å². The highest BCUT2D eigenvalue weighted by Gasteiger charge is 2.38. The van der Waals surface area contributed by atoms with Gasteiger partial charge in [0.1, 0.15) is 5.60 Å². The van der Waals surface area contributed by atoms with E-state index in [-0.39, 0.29) is 6.10 Å². The zero-order valence-corrected chi connectivity index (χ0v) is 16.5. The number of rotatable bonds is 3. The van der Waals surface area contributed by atoms with Gasteiger partial charge in [-0.15, -0.1) is 0 Å². The molecule has 0 spiro atoms. The Morgan fingerprint density at radius 1 is 1.38 bits per heavy atom. The van der Waals surface area contributed by atoms with Crippen LogP contribution in [-0.4, -0.2) is 63.0 Å². The maximum absolute atomic E-state index is 11.9. The Balaban J connectivity index is 0.000000516. The van der Waals surface area contributed by atoms with Crippen molar-refractivity contribution < 1.29 is 37.7 Å². The maximum Gasteiger partial charge on any atom is 0.490 e. The highest BCUT2D eigenvalue weighted by molar-refractivity contribution is 5.73. The lowest BCUT2D eigenvalue weighted by molar-refractivity contribution is -0.192. The van der Waals surface area contributed by atoms with E-state index in [4.69, 9.17) is 14.6 Å². The first-order valence-corrected chi connectivity index (χ1v) is 8.95. The summed E-state index contributed by atoms with van der Waals surface area (Å²) in [7, 11) is 0. The largest absolute Gasteiger partial charge is 0.490 e. The van der Waals surface area contributed by atoms with Crippen molar-refractivity contribution >= 4 is 12.1 Å². The number of halogens is 3. The molecule has 0 saturated carbocycles. The SMILES string of the molecule is CC(C)(C)OC(=O)n1ccc(CC/C=C2\CNCCC2O)n1.O=C(O)C(F)(F)F. The summed E-state index contributed by atoms with van der Waals surface area (Å²) in [5.74, 6) is -2.76. The Labute approximate surface area is 166 Å². The molecule has 29 heavy (non-hydrogen) atoms. The minimum absolute atomic E-state index is 0.333. The van der Waals surface area contributed by atoms with Crippen molar-refractivity contribution in [1.82, 2.24) is 15.1 Å². The van der Waals surface area contributed by atoms with Crippen molar-refractivity contribution in [2.45, 2.75) is 57.9 Å². The van der Waals surface area contributed by atoms with Crippen molar-refractivity contribution in [3.05, 3.63) is 29.6 Å². The average molecular weight is 421 g/mol. The molecule has 1 unspecified atom stereocenters. The van der Waals surface area contributed by atoms with Gasteiger partial charge in [0.25, 0.3) is 0 Å². The van der Waals surface area contributed by atoms with Crippen LogP contribution >= 0.6 is 0 Å². The van der Waals surface area contributed by atoms with Gasteiger partial charge in [0.15, 0.2) is 0 Å². The van der Waals surface area contributed by atoms with E-state index in [1.54, 1.807) is 6.20 Å². The van der Waals surface area contributed by atoms with Crippen LogP contribution in [0.3, 0.4) is 0 Å². The molecule has 2 heterocycles. The van der Waals surface area contributed by atoms with Crippen molar-refractivity contribution in [3.8, 4) is 0 Å². The van der Waals surface area contributed by atoms with E-state index in [0.29, 0.717) is 0 Å². The molecule has 0 aliphatic carbocycles. The second-order valence-electron chi connectivity index (χ2n) is 7.33. The van der Waals surface area contributed by atoms with Crippen LogP contribution in [0.5, 0.6) is 0 Å². The number of aliphatic hydroxyl groups excluding tert-OH is 1. The molecule has 1 saturated heterocycles. The Kier molecular flexibility index (Phi) is 8.83. The van der Waals surface area contributed by atoms with Gasteiger partial charge >= 0.3 is 18.2 Å². The summed E-state index contributed by atoms with van der Waals surface area (Å²) in [6, 6.07) is 1.82. The Morgan fingerprint density at radius 3 is 2.52 bits per heavy atom. The first-order valence-electron chi connectivity index (χ1n) is 8.95. The highest BCUT2D eigenvalue weighted by Crippen LogP contribution is 2.14. The molecular formula is C18H26F3N3O5. The molecule has 0 radical (unpaired) electrons. The van der Waals surface area contributed by atoms with Gasteiger partial charge in [0, 0.05) is 12.7 Å². The molecule has 0 amide bonds. The molecule has 3 N–H and O–H groups in total. The standard InChI is InChI=1S/C16H25N3O3.C2HF3O2/c1-16(2,3)22-15(21)19-10-8-13(18-19)6-4-5-12-11-17-9-7-14(12)20;3-2(4,5)1(6)7/h5,8,10,14,17,20H,4,6-7,9,11H2,1-3H3;(H,6,7)/b12-5+;. The summed E-state index contributed by atoms with van der Waals surface area (Å²) in [4.78, 5) is 20.8. The number of nitrogens with one attached hydrogen (secondary N) is 1. The molecular weight excluding hydrogens is 395 g/mol. The first-order chi connectivity index (χ1) is 13.3. The third-order valence-corrected chi connectivity index (χ3v) is 3.63. The van der Waals surface area contributed by atoms with Gasteiger partial charge in [0.2, 0.25) is 0 Å². The van der Waals surface area contributed by atoms with Crippen molar-refractivity contribution in [2.75, 3.05) is 13.1 Å². The topological polar surface area (TPSA) is 114 Å². The molecule has 1 aliphatic rings. The fourth-order valence-corrected chi connectivity index (χ4v) is 2.29. The van der Waals surface area contributed by atoms with Gasteiger partial charge in [-0.3, -0.25) is 0 Å². The predicted octanol–water partition coefficient (Wildman–Crippen LogP) is 2.51. The number of aromatic nitrogens is 2. The number of carboxylic acids is 1. The minimum Gasteiger partial charge on any atom is -0.475 e. The average Bonchev–Trinajstić information content (AvgIpc) is 3.04. The lowest BCUT2D eigenvalue weighted by atomic mass is 10.0. The van der Waals surface area contributed by atoms with Crippen LogP contribution in [0.15, 0.2) is 23.9 Å². The quantitative estimate of drug-likeness (QED) is 0.643. The second kappa shape index (κ2) is 10.4. The number of hydrogen-bond donors (Lipinski definition) is 3. The fourth-order valence-electron chi connectivity index (χ4n) is 2.29. The zero-order valence-electron chi connectivity index (χ0n) is 16.5. The Morgan fingerprint density at radius 2 is 2.00 bits per heavy atom. The monoisotopic (exact) mass is 421 g/mol. The van der Waals surface area contributed by atoms with Crippen LogP contribution in [-0.2, 0) is 16.0 Å². The summed E-state index contributed by atoms with van der Waals surface area (Å²) in [5, 5.41) is 24.5. The molecule has 1 fully saturated rings. The van der Waals surface area contributed by atoms with Crippen LogP contribution in [0.25, 0.3) is 0 Å². The fraction of sp³-hybridized carbons (Fsp3) is 0.611. The molecule has 1 aromatic heterocycles. The van der Waals surface area contributed by atoms with E-state index in [1.165, 1.54) is 4.68 Å². The number of allylic oxidation sites excluding steroid dienone is 1. The predicted molar refractivity (Wildman–Crippen MR) is 97.4 cm³/mol. The van der Waals surface area contributed by atoms with E-state index in [0.717, 1.165) is 43.6 Å². The summed E-state index contributed by atoms with van der Waals surface area (Å²) in [5.41, 5.74) is 1.34. The van der Waals surface area contributed by atoms with Crippen LogP contribution in [0.2, 0.25) is 0 Å². The van der Waals surface area contributed by atoms with E-state index < -0.39 is 23.8 Å². The summed E-state index contributed by atoms with van der Waals surface area (Å²) in [6.07, 6.45) is 0.0751. The maximum atomic E-state index is 11.9. The number of alkyl halides is 3. The number of carboxylic acid groups (broad SMARTS) is 1. The number of piperidine rings is 1. The van der Waals surface area contributed by atoms with Gasteiger partial charge in [-0.05, 0) is 58.2 Å². The van der Waals surface area contributed by atoms with Crippen molar-refractivity contribution in [3.63, 3.8) is 0 Å². The molecule has 8 nitrogen and oxygen atoms in total. The second-order valence-corrected chi connectivity index (χ2v) is 7.33. The molecule has 1 atom stereocenters. The van der Waals surface area contributed by atoms with E-state index >= 15 is 0 Å². The third kappa shape index (κ3) is 9.57.